The lowest BCUT2D eigenvalue weighted by atomic mass is 10.1. The number of amides is 1. The molecule has 0 N–H and O–H groups in total. The normalized spacial score (nSPS) is 22.5. The zero-order valence-electron chi connectivity index (χ0n) is 8.83. The van der Waals surface area contributed by atoms with E-state index in [0.29, 0.717) is 0 Å². The van der Waals surface area contributed by atoms with Crippen LogP contribution in [0.3, 0.4) is 0 Å². The van der Waals surface area contributed by atoms with Crippen molar-refractivity contribution in [3.63, 3.8) is 0 Å². The minimum atomic E-state index is 0.168. The lowest BCUT2D eigenvalue weighted by Gasteiger charge is -2.29. The first-order valence-corrected chi connectivity index (χ1v) is 5.50. The largest absolute Gasteiger partial charge is 0.374 e. The van der Waals surface area contributed by atoms with Gasteiger partial charge >= 0.3 is 0 Å². The molecule has 0 aliphatic carbocycles. The minimum Gasteiger partial charge on any atom is -0.374 e. The van der Waals surface area contributed by atoms with Crippen molar-refractivity contribution in [1.82, 2.24) is 9.80 Å². The molecule has 0 aromatic rings. The van der Waals surface area contributed by atoms with Gasteiger partial charge in [0, 0.05) is 38.5 Å². The zero-order valence-corrected chi connectivity index (χ0v) is 8.83. The maximum absolute atomic E-state index is 11.2. The topological polar surface area (TPSA) is 23.6 Å². The molecule has 14 heavy (non-hydrogen) atoms. The van der Waals surface area contributed by atoms with Gasteiger partial charge < -0.3 is 9.80 Å². The Morgan fingerprint density at radius 2 is 1.93 bits per heavy atom. The van der Waals surface area contributed by atoms with Crippen LogP contribution in [-0.2, 0) is 4.79 Å². The summed E-state index contributed by atoms with van der Waals surface area (Å²) in [6.07, 6.45) is 6.91. The summed E-state index contributed by atoms with van der Waals surface area (Å²) in [5.74, 6) is 0.168. The van der Waals surface area contributed by atoms with Crippen molar-refractivity contribution in [2.75, 3.05) is 19.6 Å². The van der Waals surface area contributed by atoms with Gasteiger partial charge in [-0.1, -0.05) is 0 Å². The van der Waals surface area contributed by atoms with Crippen LogP contribution in [0.1, 0.15) is 32.6 Å². The van der Waals surface area contributed by atoms with E-state index in [4.69, 9.17) is 0 Å². The highest BCUT2D eigenvalue weighted by Crippen LogP contribution is 2.22. The fraction of sp³-hybridized carbons (Fsp3) is 0.727. The Balaban J connectivity index is 2.06. The Morgan fingerprint density at radius 3 is 2.57 bits per heavy atom. The van der Waals surface area contributed by atoms with Crippen LogP contribution < -0.4 is 0 Å². The molecule has 2 aliphatic rings. The van der Waals surface area contributed by atoms with Crippen molar-refractivity contribution in [3.05, 3.63) is 11.9 Å². The van der Waals surface area contributed by atoms with Crippen molar-refractivity contribution in [2.24, 2.45) is 0 Å². The zero-order chi connectivity index (χ0) is 9.97. The van der Waals surface area contributed by atoms with Crippen molar-refractivity contribution >= 4 is 5.91 Å². The maximum Gasteiger partial charge on any atom is 0.223 e. The molecule has 3 heteroatoms. The first-order chi connectivity index (χ1) is 6.77. The molecule has 2 rings (SSSR count). The molecule has 0 spiro atoms. The van der Waals surface area contributed by atoms with E-state index in [0.717, 1.165) is 19.4 Å². The number of carbonyl (C=O) groups excluding carboxylic acids is 1. The van der Waals surface area contributed by atoms with Crippen molar-refractivity contribution in [2.45, 2.75) is 32.6 Å². The molecule has 1 saturated heterocycles. The molecule has 3 nitrogen and oxygen atoms in total. The summed E-state index contributed by atoms with van der Waals surface area (Å²) in [4.78, 5) is 15.5. The molecule has 2 heterocycles. The smallest absolute Gasteiger partial charge is 0.223 e. The third kappa shape index (κ3) is 1.91. The predicted octanol–water partition coefficient (Wildman–Crippen LogP) is 1.57. The van der Waals surface area contributed by atoms with Crippen molar-refractivity contribution < 1.29 is 4.79 Å². The van der Waals surface area contributed by atoms with Crippen molar-refractivity contribution in [1.29, 1.82) is 0 Å². The third-order valence-corrected chi connectivity index (χ3v) is 3.05. The Kier molecular flexibility index (Phi) is 2.75. The Hall–Kier alpha value is -0.990. The van der Waals surface area contributed by atoms with E-state index in [1.54, 1.807) is 6.92 Å². The summed E-state index contributed by atoms with van der Waals surface area (Å²) in [5, 5.41) is 0. The van der Waals surface area contributed by atoms with Gasteiger partial charge in [0.2, 0.25) is 5.91 Å². The standard InChI is InChI=1S/C11H18N2O/c1-10(14)13-8-4-5-11(9-13)12-6-2-3-7-12/h9H,2-8H2,1H3. The van der Waals surface area contributed by atoms with Crippen LogP contribution in [0, 0.1) is 0 Å². The fourth-order valence-electron chi connectivity index (χ4n) is 2.23. The molecule has 78 valence electrons. The average molecular weight is 194 g/mol. The van der Waals surface area contributed by atoms with E-state index in [-0.39, 0.29) is 5.91 Å². The van der Waals surface area contributed by atoms with Gasteiger partial charge in [0.1, 0.15) is 0 Å². The molecular formula is C11H18N2O. The Morgan fingerprint density at radius 1 is 1.21 bits per heavy atom. The second kappa shape index (κ2) is 4.03. The SMILES string of the molecule is CC(=O)N1C=C(N2CCCC2)CCC1. The Labute approximate surface area is 85.4 Å². The fourth-order valence-corrected chi connectivity index (χ4v) is 2.23. The van der Waals surface area contributed by atoms with Crippen LogP contribution >= 0.6 is 0 Å². The highest BCUT2D eigenvalue weighted by atomic mass is 16.2. The number of hydrogen-bond donors (Lipinski definition) is 0. The van der Waals surface area contributed by atoms with E-state index in [9.17, 15) is 4.79 Å². The molecule has 0 bridgehead atoms. The summed E-state index contributed by atoms with van der Waals surface area (Å²) in [5.41, 5.74) is 1.36. The van der Waals surface area contributed by atoms with Crippen LogP contribution in [-0.4, -0.2) is 35.3 Å². The summed E-state index contributed by atoms with van der Waals surface area (Å²) in [6.45, 7) is 4.89. The first kappa shape index (κ1) is 9.56. The van der Waals surface area contributed by atoms with Gasteiger partial charge in [-0.25, -0.2) is 0 Å². The molecule has 1 amide bonds. The average Bonchev–Trinajstić information content (AvgIpc) is 2.71. The lowest BCUT2D eigenvalue weighted by molar-refractivity contribution is -0.126. The van der Waals surface area contributed by atoms with E-state index >= 15 is 0 Å². The summed E-state index contributed by atoms with van der Waals surface area (Å²) in [7, 11) is 0. The predicted molar refractivity (Wildman–Crippen MR) is 55.5 cm³/mol. The lowest BCUT2D eigenvalue weighted by Crippen LogP contribution is -2.31. The van der Waals surface area contributed by atoms with Gasteiger partial charge in [-0.3, -0.25) is 4.79 Å². The molecule has 0 unspecified atom stereocenters. The van der Waals surface area contributed by atoms with Gasteiger partial charge in [0.15, 0.2) is 0 Å². The summed E-state index contributed by atoms with van der Waals surface area (Å²) < 4.78 is 0. The molecular weight excluding hydrogens is 176 g/mol. The molecule has 0 aromatic heterocycles. The number of hydrogen-bond acceptors (Lipinski definition) is 2. The second-order valence-electron chi connectivity index (χ2n) is 4.13. The Bertz CT molecular complexity index is 254. The number of rotatable bonds is 1. The highest BCUT2D eigenvalue weighted by molar-refractivity contribution is 5.74. The van der Waals surface area contributed by atoms with Crippen LogP contribution in [0.2, 0.25) is 0 Å². The van der Waals surface area contributed by atoms with Gasteiger partial charge in [-0.2, -0.15) is 0 Å². The molecule has 2 aliphatic heterocycles. The van der Waals surface area contributed by atoms with Crippen molar-refractivity contribution in [3.8, 4) is 0 Å². The van der Waals surface area contributed by atoms with Gasteiger partial charge in [0.05, 0.1) is 0 Å². The van der Waals surface area contributed by atoms with Gasteiger partial charge in [-0.05, 0) is 25.7 Å². The number of nitrogens with zero attached hydrogens (tertiary/aromatic N) is 2. The van der Waals surface area contributed by atoms with Crippen LogP contribution in [0.25, 0.3) is 0 Å². The molecule has 0 saturated carbocycles. The second-order valence-corrected chi connectivity index (χ2v) is 4.13. The maximum atomic E-state index is 11.2. The third-order valence-electron chi connectivity index (χ3n) is 3.05. The monoisotopic (exact) mass is 194 g/mol. The van der Waals surface area contributed by atoms with Gasteiger partial charge in [0.25, 0.3) is 0 Å². The number of carbonyl (C=O) groups is 1. The van der Waals surface area contributed by atoms with Crippen LogP contribution in [0.4, 0.5) is 0 Å². The van der Waals surface area contributed by atoms with Gasteiger partial charge in [-0.15, -0.1) is 0 Å². The van der Waals surface area contributed by atoms with E-state index in [1.807, 2.05) is 4.90 Å². The van der Waals surface area contributed by atoms with E-state index in [2.05, 4.69) is 11.1 Å². The molecule has 0 atom stereocenters. The summed E-state index contributed by atoms with van der Waals surface area (Å²) >= 11 is 0. The molecule has 0 aromatic carbocycles. The highest BCUT2D eigenvalue weighted by Gasteiger charge is 2.19. The number of allylic oxidation sites excluding steroid dienone is 1. The molecule has 0 radical (unpaired) electrons. The van der Waals surface area contributed by atoms with E-state index in [1.165, 1.54) is 31.6 Å². The first-order valence-electron chi connectivity index (χ1n) is 5.50. The van der Waals surface area contributed by atoms with E-state index < -0.39 is 0 Å². The summed E-state index contributed by atoms with van der Waals surface area (Å²) in [6, 6.07) is 0. The molecule has 1 fully saturated rings. The minimum absolute atomic E-state index is 0.168. The quantitative estimate of drug-likeness (QED) is 0.632. The number of likely N-dealkylation sites (tertiary alicyclic amines) is 1. The van der Waals surface area contributed by atoms with Crippen LogP contribution in [0.15, 0.2) is 11.9 Å². The van der Waals surface area contributed by atoms with Crippen LogP contribution in [0.5, 0.6) is 0 Å².